The normalized spacial score (nSPS) is 17.8. The second kappa shape index (κ2) is 4.68. The second-order valence-electron chi connectivity index (χ2n) is 3.40. The number of benzene rings is 1. The van der Waals surface area contributed by atoms with Gasteiger partial charge in [-0.25, -0.2) is 0 Å². The molecule has 0 spiro atoms. The average Bonchev–Trinajstić information content (AvgIpc) is 2.69. The number of rotatable bonds is 3. The molecule has 13 heavy (non-hydrogen) atoms. The molecular weight excluding hydrogens is 178 g/mol. The highest BCUT2D eigenvalue weighted by molar-refractivity contribution is 7.96. The van der Waals surface area contributed by atoms with Gasteiger partial charge in [-0.15, -0.1) is 0 Å². The van der Waals surface area contributed by atoms with E-state index in [1.54, 1.807) is 0 Å². The van der Waals surface area contributed by atoms with Gasteiger partial charge in [-0.05, 0) is 18.4 Å². The molecule has 0 aromatic heterocycles. The Morgan fingerprint density at radius 3 is 2.46 bits per heavy atom. The van der Waals surface area contributed by atoms with Gasteiger partial charge >= 0.3 is 0 Å². The molecule has 0 bridgehead atoms. The van der Waals surface area contributed by atoms with Crippen LogP contribution in [0.1, 0.15) is 18.4 Å². The molecule has 1 aromatic rings. The van der Waals surface area contributed by atoms with E-state index in [-0.39, 0.29) is 0 Å². The summed E-state index contributed by atoms with van der Waals surface area (Å²) in [7, 11) is 0. The van der Waals surface area contributed by atoms with Crippen molar-refractivity contribution < 1.29 is 0 Å². The number of hydrogen-bond donors (Lipinski definition) is 0. The fourth-order valence-corrected chi connectivity index (χ4v) is 2.60. The maximum atomic E-state index is 2.48. The summed E-state index contributed by atoms with van der Waals surface area (Å²) in [5.74, 6) is 1.13. The molecule has 2 heteroatoms. The van der Waals surface area contributed by atoms with E-state index in [1.807, 2.05) is 11.9 Å². The smallest absolute Gasteiger partial charge is 0.0332 e. The highest BCUT2D eigenvalue weighted by atomic mass is 32.2. The van der Waals surface area contributed by atoms with Crippen molar-refractivity contribution in [1.82, 2.24) is 4.31 Å². The quantitative estimate of drug-likeness (QED) is 0.679. The van der Waals surface area contributed by atoms with Crippen molar-refractivity contribution in [3.8, 4) is 0 Å². The van der Waals surface area contributed by atoms with Crippen LogP contribution in [0.4, 0.5) is 0 Å². The molecule has 1 aliphatic rings. The largest absolute Gasteiger partial charge is 0.250 e. The average molecular weight is 193 g/mol. The fourth-order valence-electron chi connectivity index (χ4n) is 1.56. The summed E-state index contributed by atoms with van der Waals surface area (Å²) in [6.07, 6.45) is 2.75. The van der Waals surface area contributed by atoms with Crippen molar-refractivity contribution >= 4 is 11.9 Å². The van der Waals surface area contributed by atoms with Crippen LogP contribution in [0.5, 0.6) is 0 Å². The summed E-state index contributed by atoms with van der Waals surface area (Å²) in [6, 6.07) is 10.7. The first kappa shape index (κ1) is 9.10. The summed E-state index contributed by atoms with van der Waals surface area (Å²) >= 11 is 1.97. The summed E-state index contributed by atoms with van der Waals surface area (Å²) in [5.41, 5.74) is 1.43. The van der Waals surface area contributed by atoms with Crippen molar-refractivity contribution in [2.24, 2.45) is 0 Å². The Hall–Kier alpha value is -0.470. The van der Waals surface area contributed by atoms with E-state index in [4.69, 9.17) is 0 Å². The van der Waals surface area contributed by atoms with Crippen molar-refractivity contribution in [2.45, 2.75) is 18.6 Å². The van der Waals surface area contributed by atoms with Gasteiger partial charge in [0.25, 0.3) is 0 Å². The van der Waals surface area contributed by atoms with Crippen LogP contribution in [0, 0.1) is 0 Å². The Labute approximate surface area is 84.3 Å². The molecule has 0 atom stereocenters. The minimum atomic E-state index is 1.13. The summed E-state index contributed by atoms with van der Waals surface area (Å²) in [6.45, 7) is 2.55. The van der Waals surface area contributed by atoms with Gasteiger partial charge in [0, 0.05) is 18.8 Å². The minimum Gasteiger partial charge on any atom is -0.250 e. The van der Waals surface area contributed by atoms with Crippen LogP contribution in [0.25, 0.3) is 0 Å². The third-order valence-electron chi connectivity index (χ3n) is 2.32. The highest BCUT2D eigenvalue weighted by Crippen LogP contribution is 2.21. The Bertz CT molecular complexity index is 242. The summed E-state index contributed by atoms with van der Waals surface area (Å²) in [5, 5.41) is 0. The zero-order valence-corrected chi connectivity index (χ0v) is 8.59. The van der Waals surface area contributed by atoms with Gasteiger partial charge in [-0.3, -0.25) is 4.31 Å². The molecule has 1 fully saturated rings. The van der Waals surface area contributed by atoms with Crippen molar-refractivity contribution in [3.63, 3.8) is 0 Å². The first-order chi connectivity index (χ1) is 6.45. The molecule has 0 N–H and O–H groups in total. The Morgan fingerprint density at radius 1 is 1.08 bits per heavy atom. The van der Waals surface area contributed by atoms with E-state index in [1.165, 1.54) is 31.5 Å². The van der Waals surface area contributed by atoms with E-state index >= 15 is 0 Å². The molecule has 1 saturated heterocycles. The van der Waals surface area contributed by atoms with E-state index < -0.39 is 0 Å². The predicted molar refractivity (Wildman–Crippen MR) is 58.5 cm³/mol. The van der Waals surface area contributed by atoms with E-state index in [9.17, 15) is 0 Å². The molecule has 1 aromatic carbocycles. The number of nitrogens with zero attached hydrogens (tertiary/aromatic N) is 1. The van der Waals surface area contributed by atoms with Gasteiger partial charge in [0.05, 0.1) is 0 Å². The third-order valence-corrected chi connectivity index (χ3v) is 3.51. The van der Waals surface area contributed by atoms with Crippen LogP contribution in [-0.4, -0.2) is 17.4 Å². The molecule has 0 aliphatic carbocycles. The molecule has 2 rings (SSSR count). The Balaban J connectivity index is 1.79. The van der Waals surface area contributed by atoms with E-state index in [2.05, 4.69) is 34.6 Å². The van der Waals surface area contributed by atoms with Gasteiger partial charge in [0.2, 0.25) is 0 Å². The fraction of sp³-hybridized carbons (Fsp3) is 0.455. The van der Waals surface area contributed by atoms with Crippen molar-refractivity contribution in [3.05, 3.63) is 35.9 Å². The van der Waals surface area contributed by atoms with Crippen LogP contribution in [-0.2, 0) is 5.75 Å². The Morgan fingerprint density at radius 2 is 1.77 bits per heavy atom. The lowest BCUT2D eigenvalue weighted by Gasteiger charge is -2.12. The van der Waals surface area contributed by atoms with Crippen LogP contribution in [0.2, 0.25) is 0 Å². The van der Waals surface area contributed by atoms with Crippen LogP contribution in [0.15, 0.2) is 30.3 Å². The van der Waals surface area contributed by atoms with Crippen LogP contribution < -0.4 is 0 Å². The van der Waals surface area contributed by atoms with Crippen molar-refractivity contribution in [1.29, 1.82) is 0 Å². The van der Waals surface area contributed by atoms with Crippen LogP contribution in [0.3, 0.4) is 0 Å². The van der Waals surface area contributed by atoms with Gasteiger partial charge in [-0.1, -0.05) is 42.3 Å². The van der Waals surface area contributed by atoms with Crippen molar-refractivity contribution in [2.75, 3.05) is 13.1 Å². The predicted octanol–water partition coefficient (Wildman–Crippen LogP) is 2.93. The molecule has 0 amide bonds. The zero-order chi connectivity index (χ0) is 8.93. The van der Waals surface area contributed by atoms with Gasteiger partial charge in [0.1, 0.15) is 0 Å². The maximum Gasteiger partial charge on any atom is 0.0332 e. The highest BCUT2D eigenvalue weighted by Gasteiger charge is 2.11. The SMILES string of the molecule is c1ccc(CSN2CCCC2)cc1. The van der Waals surface area contributed by atoms with E-state index in [0.29, 0.717) is 0 Å². The summed E-state index contributed by atoms with van der Waals surface area (Å²) < 4.78 is 2.48. The monoisotopic (exact) mass is 193 g/mol. The Kier molecular flexibility index (Phi) is 3.27. The maximum absolute atomic E-state index is 2.48. The first-order valence-electron chi connectivity index (χ1n) is 4.87. The van der Waals surface area contributed by atoms with Crippen LogP contribution >= 0.6 is 11.9 Å². The molecular formula is C11H15NS. The first-order valence-corrected chi connectivity index (χ1v) is 5.81. The molecule has 1 aliphatic heterocycles. The zero-order valence-electron chi connectivity index (χ0n) is 7.78. The minimum absolute atomic E-state index is 1.13. The number of hydrogen-bond acceptors (Lipinski definition) is 2. The topological polar surface area (TPSA) is 3.24 Å². The third kappa shape index (κ3) is 2.75. The molecule has 0 saturated carbocycles. The molecule has 1 heterocycles. The second-order valence-corrected chi connectivity index (χ2v) is 4.46. The summed E-state index contributed by atoms with van der Waals surface area (Å²) in [4.78, 5) is 0. The molecule has 0 unspecified atom stereocenters. The lowest BCUT2D eigenvalue weighted by molar-refractivity contribution is 0.586. The van der Waals surface area contributed by atoms with Gasteiger partial charge < -0.3 is 0 Å². The molecule has 1 nitrogen and oxygen atoms in total. The molecule has 70 valence electrons. The van der Waals surface area contributed by atoms with Gasteiger partial charge in [-0.2, -0.15) is 0 Å². The lowest BCUT2D eigenvalue weighted by Crippen LogP contribution is -2.09. The van der Waals surface area contributed by atoms with Gasteiger partial charge in [0.15, 0.2) is 0 Å². The lowest BCUT2D eigenvalue weighted by atomic mass is 10.2. The standard InChI is InChI=1S/C11H15NS/c1-2-6-11(7-3-1)10-13-12-8-4-5-9-12/h1-3,6-7H,4-5,8-10H2. The molecule has 0 radical (unpaired) electrons. The van der Waals surface area contributed by atoms with E-state index in [0.717, 1.165) is 5.75 Å².